The first-order valence-electron chi connectivity index (χ1n) is 10.9. The first kappa shape index (κ1) is 22.1. The molecule has 1 aliphatic carbocycles. The van der Waals surface area contributed by atoms with Crippen LogP contribution in [0.5, 0.6) is 5.75 Å². The summed E-state index contributed by atoms with van der Waals surface area (Å²) in [6, 6.07) is 7.16. The van der Waals surface area contributed by atoms with Gasteiger partial charge in [-0.15, -0.1) is 11.3 Å². The molecular weight excluding hydrogens is 458 g/mol. The molecule has 1 N–H and O–H groups in total. The Morgan fingerprint density at radius 2 is 2.06 bits per heavy atom. The van der Waals surface area contributed by atoms with E-state index >= 15 is 0 Å². The lowest BCUT2D eigenvalue weighted by Crippen LogP contribution is -2.47. The van der Waals surface area contributed by atoms with E-state index in [-0.39, 0.29) is 12.8 Å². The molecule has 9 nitrogen and oxygen atoms in total. The molecule has 34 heavy (non-hydrogen) atoms. The second kappa shape index (κ2) is 8.60. The third-order valence-corrected chi connectivity index (χ3v) is 7.80. The van der Waals surface area contributed by atoms with Crippen LogP contribution in [-0.2, 0) is 17.8 Å². The summed E-state index contributed by atoms with van der Waals surface area (Å²) in [6.45, 7) is 2.15. The molecule has 10 heteroatoms. The number of benzene rings is 1. The second-order valence-electron chi connectivity index (χ2n) is 8.41. The van der Waals surface area contributed by atoms with Gasteiger partial charge in [0.15, 0.2) is 0 Å². The number of hydrogen-bond donors (Lipinski definition) is 1. The molecule has 3 aromatic heterocycles. The summed E-state index contributed by atoms with van der Waals surface area (Å²) in [4.78, 5) is 43.9. The molecule has 1 saturated carbocycles. The summed E-state index contributed by atoms with van der Waals surface area (Å²) >= 11 is 1.30. The highest BCUT2D eigenvalue weighted by Crippen LogP contribution is 2.39. The predicted molar refractivity (Wildman–Crippen MR) is 127 cm³/mol. The highest BCUT2D eigenvalue weighted by Gasteiger charge is 2.38. The van der Waals surface area contributed by atoms with Gasteiger partial charge in [0.25, 0.3) is 5.56 Å². The Balaban J connectivity index is 1.66. The number of methoxy groups -OCH3 is 1. The van der Waals surface area contributed by atoms with E-state index in [1.165, 1.54) is 28.4 Å². The quantitative estimate of drug-likeness (QED) is 0.430. The number of fused-ring (bicyclic) bond motifs is 1. The number of rotatable bonds is 7. The average molecular weight is 482 g/mol. The zero-order valence-corrected chi connectivity index (χ0v) is 19.5. The van der Waals surface area contributed by atoms with Crippen molar-refractivity contribution in [1.82, 2.24) is 14.1 Å². The smallest absolute Gasteiger partial charge is 0.332 e. The molecule has 0 saturated heterocycles. The maximum atomic E-state index is 13.6. The molecule has 0 aliphatic heterocycles. The van der Waals surface area contributed by atoms with Gasteiger partial charge in [-0.2, -0.15) is 0 Å². The number of oxazole rings is 1. The Morgan fingerprint density at radius 1 is 1.29 bits per heavy atom. The van der Waals surface area contributed by atoms with Crippen LogP contribution in [0, 0.1) is 12.8 Å². The van der Waals surface area contributed by atoms with Gasteiger partial charge in [0.1, 0.15) is 16.8 Å². The first-order chi connectivity index (χ1) is 16.4. The standard InChI is InChI=1S/C24H23N3O6S/c1-13-18-21(28)27(16-11-15(12-16)23(29)30)24(31)26(9-7-14-5-3-4-6-17(14)32-2)22(18)34-19(13)20-25-8-10-33-20/h3-6,8,10,15-16H,7,9,11-12H2,1-2H3,(H,29,30). The lowest BCUT2D eigenvalue weighted by atomic mass is 9.80. The molecule has 0 amide bonds. The maximum Gasteiger partial charge on any atom is 0.332 e. The topological polar surface area (TPSA) is 117 Å². The van der Waals surface area contributed by atoms with Crippen LogP contribution in [0.2, 0.25) is 0 Å². The minimum atomic E-state index is -0.903. The number of nitrogens with zero attached hydrogens (tertiary/aromatic N) is 3. The van der Waals surface area contributed by atoms with Gasteiger partial charge < -0.3 is 14.3 Å². The number of hydrogen-bond acceptors (Lipinski definition) is 7. The van der Waals surface area contributed by atoms with Crippen molar-refractivity contribution in [2.75, 3.05) is 7.11 Å². The van der Waals surface area contributed by atoms with Crippen LogP contribution in [0.3, 0.4) is 0 Å². The van der Waals surface area contributed by atoms with Crippen LogP contribution in [0.4, 0.5) is 0 Å². The Hall–Kier alpha value is -3.66. The van der Waals surface area contributed by atoms with Crippen LogP contribution >= 0.6 is 11.3 Å². The fourth-order valence-corrected chi connectivity index (χ4v) is 5.82. The molecule has 1 fully saturated rings. The van der Waals surface area contributed by atoms with Crippen molar-refractivity contribution in [3.05, 3.63) is 68.7 Å². The molecule has 0 spiro atoms. The van der Waals surface area contributed by atoms with Gasteiger partial charge in [-0.1, -0.05) is 18.2 Å². The van der Waals surface area contributed by atoms with E-state index in [1.807, 2.05) is 31.2 Å². The van der Waals surface area contributed by atoms with Crippen LogP contribution in [0.1, 0.15) is 30.0 Å². The molecular formula is C24H23N3O6S. The largest absolute Gasteiger partial charge is 0.496 e. The summed E-state index contributed by atoms with van der Waals surface area (Å²) in [7, 11) is 1.60. The monoisotopic (exact) mass is 481 g/mol. The summed E-state index contributed by atoms with van der Waals surface area (Å²) < 4.78 is 13.8. The molecule has 5 rings (SSSR count). The maximum absolute atomic E-state index is 13.6. The average Bonchev–Trinajstić information content (AvgIpc) is 3.43. The van der Waals surface area contributed by atoms with Crippen LogP contribution in [-0.4, -0.2) is 32.3 Å². The summed E-state index contributed by atoms with van der Waals surface area (Å²) in [5.41, 5.74) is 0.815. The van der Waals surface area contributed by atoms with Gasteiger partial charge in [-0.3, -0.25) is 18.7 Å². The van der Waals surface area contributed by atoms with Crippen molar-refractivity contribution >= 4 is 27.5 Å². The van der Waals surface area contributed by atoms with Crippen LogP contribution in [0.15, 0.2) is 50.7 Å². The van der Waals surface area contributed by atoms with Crippen molar-refractivity contribution in [2.45, 2.75) is 38.8 Å². The lowest BCUT2D eigenvalue weighted by Gasteiger charge is -2.33. The molecule has 0 bridgehead atoms. The van der Waals surface area contributed by atoms with Crippen molar-refractivity contribution in [2.24, 2.45) is 5.92 Å². The molecule has 1 aliphatic rings. The number of carbonyl (C=O) groups is 1. The number of aromatic nitrogens is 3. The molecule has 0 atom stereocenters. The Labute approximate surface area is 197 Å². The van der Waals surface area contributed by atoms with E-state index in [0.29, 0.717) is 39.5 Å². The van der Waals surface area contributed by atoms with Gasteiger partial charge in [0, 0.05) is 12.6 Å². The lowest BCUT2D eigenvalue weighted by molar-refractivity contribution is -0.146. The van der Waals surface area contributed by atoms with E-state index in [0.717, 1.165) is 11.3 Å². The Morgan fingerprint density at radius 3 is 2.74 bits per heavy atom. The number of ether oxygens (including phenoxy) is 1. The number of para-hydroxylation sites is 1. The summed E-state index contributed by atoms with van der Waals surface area (Å²) in [6.07, 6.45) is 4.04. The molecule has 0 unspecified atom stereocenters. The van der Waals surface area contributed by atoms with E-state index in [2.05, 4.69) is 4.98 Å². The van der Waals surface area contributed by atoms with Crippen molar-refractivity contribution in [1.29, 1.82) is 0 Å². The second-order valence-corrected chi connectivity index (χ2v) is 9.40. The minimum absolute atomic E-state index is 0.262. The van der Waals surface area contributed by atoms with E-state index in [4.69, 9.17) is 9.15 Å². The zero-order chi connectivity index (χ0) is 24.0. The minimum Gasteiger partial charge on any atom is -0.496 e. The predicted octanol–water partition coefficient (Wildman–Crippen LogP) is 3.48. The van der Waals surface area contributed by atoms with Crippen LogP contribution < -0.4 is 16.0 Å². The first-order valence-corrected chi connectivity index (χ1v) is 11.7. The normalized spacial score (nSPS) is 17.6. The third-order valence-electron chi connectivity index (χ3n) is 6.49. The highest BCUT2D eigenvalue weighted by molar-refractivity contribution is 7.22. The van der Waals surface area contributed by atoms with E-state index in [1.54, 1.807) is 11.7 Å². The highest BCUT2D eigenvalue weighted by atomic mass is 32.1. The van der Waals surface area contributed by atoms with Crippen molar-refractivity contribution in [3.8, 4) is 16.5 Å². The molecule has 4 aromatic rings. The molecule has 1 aromatic carbocycles. The summed E-state index contributed by atoms with van der Waals surface area (Å²) in [5.74, 6) is -0.325. The fraction of sp³-hybridized carbons (Fsp3) is 0.333. The number of carboxylic acid groups (broad SMARTS) is 1. The number of aryl methyl sites for hydroxylation is 3. The SMILES string of the molecule is COc1ccccc1CCn1c(=O)n(C2CC(C(=O)O)C2)c(=O)c2c(C)c(-c3ncco3)sc21. The van der Waals surface area contributed by atoms with Gasteiger partial charge in [-0.05, 0) is 43.4 Å². The third kappa shape index (κ3) is 3.54. The zero-order valence-electron chi connectivity index (χ0n) is 18.7. The van der Waals surface area contributed by atoms with Crippen molar-refractivity contribution in [3.63, 3.8) is 0 Å². The molecule has 3 heterocycles. The summed E-state index contributed by atoms with van der Waals surface area (Å²) in [5, 5.41) is 9.72. The molecule has 0 radical (unpaired) electrons. The van der Waals surface area contributed by atoms with Gasteiger partial charge in [0.05, 0.1) is 29.5 Å². The van der Waals surface area contributed by atoms with Gasteiger partial charge in [-0.25, -0.2) is 9.78 Å². The number of carboxylic acids is 1. The number of thiophene rings is 1. The van der Waals surface area contributed by atoms with Gasteiger partial charge in [0.2, 0.25) is 5.89 Å². The fourth-order valence-electron chi connectivity index (χ4n) is 4.57. The molecule has 176 valence electrons. The van der Waals surface area contributed by atoms with E-state index in [9.17, 15) is 19.5 Å². The Kier molecular flexibility index (Phi) is 5.60. The van der Waals surface area contributed by atoms with Crippen molar-refractivity contribution < 1.29 is 19.1 Å². The Bertz CT molecular complexity index is 1490. The van der Waals surface area contributed by atoms with Crippen LogP contribution in [0.25, 0.3) is 21.0 Å². The number of aliphatic carboxylic acids is 1. The van der Waals surface area contributed by atoms with E-state index < -0.39 is 29.2 Å². The van der Waals surface area contributed by atoms with Gasteiger partial charge >= 0.3 is 11.7 Å².